The maximum absolute atomic E-state index is 12.0. The number of aliphatic hydroxyl groups excluding tert-OH is 1. The van der Waals surface area contributed by atoms with E-state index in [1.165, 1.54) is 0 Å². The minimum Gasteiger partial charge on any atom is -0.465 e. The van der Waals surface area contributed by atoms with Gasteiger partial charge in [-0.2, -0.15) is 11.8 Å². The molecule has 1 aliphatic carbocycles. The lowest BCUT2D eigenvalue weighted by atomic mass is 9.98. The molecule has 1 fully saturated rings. The molecule has 0 aromatic heterocycles. The van der Waals surface area contributed by atoms with Crippen LogP contribution in [0.4, 0.5) is 0 Å². The fraction of sp³-hybridized carbons (Fsp3) is 0.923. The monoisotopic (exact) mass is 275 g/mol. The number of thioether (sulfide) groups is 1. The van der Waals surface area contributed by atoms with Crippen LogP contribution in [0.1, 0.15) is 40.0 Å². The average Bonchev–Trinajstić information content (AvgIpc) is 2.74. The van der Waals surface area contributed by atoms with Crippen molar-refractivity contribution in [2.75, 3.05) is 13.7 Å². The van der Waals surface area contributed by atoms with Crippen molar-refractivity contribution in [3.63, 3.8) is 0 Å². The van der Waals surface area contributed by atoms with Crippen LogP contribution in [0.15, 0.2) is 0 Å². The number of nitrogens with one attached hydrogen (secondary N) is 1. The molecule has 1 aliphatic rings. The molecule has 0 saturated heterocycles. The Labute approximate surface area is 114 Å². The summed E-state index contributed by atoms with van der Waals surface area (Å²) in [6.07, 6.45) is 2.26. The molecular formula is C13H25NO3S. The van der Waals surface area contributed by atoms with Crippen molar-refractivity contribution in [1.29, 1.82) is 0 Å². The summed E-state index contributed by atoms with van der Waals surface area (Å²) >= 11 is 1.77. The van der Waals surface area contributed by atoms with E-state index in [1.54, 1.807) is 11.8 Å². The Bertz CT molecular complexity index is 285. The second kappa shape index (κ2) is 6.78. The Morgan fingerprint density at radius 3 is 2.78 bits per heavy atom. The summed E-state index contributed by atoms with van der Waals surface area (Å²) < 4.78 is 5.16. The summed E-state index contributed by atoms with van der Waals surface area (Å²) in [5, 5.41) is 13.3. The third kappa shape index (κ3) is 3.62. The lowest BCUT2D eigenvalue weighted by Gasteiger charge is -2.27. The van der Waals surface area contributed by atoms with Crippen LogP contribution in [-0.4, -0.2) is 46.9 Å². The van der Waals surface area contributed by atoms with Crippen molar-refractivity contribution in [3.8, 4) is 0 Å². The SMILES string of the molecule is CCOC(=O)C1(NC)CCC(SC(C)C(C)O)C1. The first-order valence-electron chi connectivity index (χ1n) is 6.65. The standard InChI is InChI=1S/C13H25NO3S/c1-5-17-12(16)13(14-4)7-6-11(8-13)18-10(3)9(2)15/h9-11,14-15H,5-8H2,1-4H3. The van der Waals surface area contributed by atoms with Gasteiger partial charge in [-0.15, -0.1) is 0 Å². The highest BCUT2D eigenvalue weighted by Gasteiger charge is 2.45. The van der Waals surface area contributed by atoms with E-state index in [0.29, 0.717) is 11.9 Å². The van der Waals surface area contributed by atoms with Crippen molar-refractivity contribution in [3.05, 3.63) is 0 Å². The Hall–Kier alpha value is -0.260. The van der Waals surface area contributed by atoms with E-state index >= 15 is 0 Å². The number of carbonyl (C=O) groups is 1. The number of hydrogen-bond donors (Lipinski definition) is 2. The van der Waals surface area contributed by atoms with Gasteiger partial charge in [-0.1, -0.05) is 6.92 Å². The summed E-state index contributed by atoms with van der Waals surface area (Å²) in [5.41, 5.74) is -0.522. The molecule has 2 N–H and O–H groups in total. The van der Waals surface area contributed by atoms with Crippen LogP contribution in [0.5, 0.6) is 0 Å². The highest BCUT2D eigenvalue weighted by molar-refractivity contribution is 8.00. The van der Waals surface area contributed by atoms with Crippen molar-refractivity contribution >= 4 is 17.7 Å². The molecule has 4 atom stereocenters. The van der Waals surface area contributed by atoms with Gasteiger partial charge in [0.2, 0.25) is 0 Å². The topological polar surface area (TPSA) is 58.6 Å². The van der Waals surface area contributed by atoms with Gasteiger partial charge in [-0.25, -0.2) is 0 Å². The van der Waals surface area contributed by atoms with Crippen LogP contribution in [0.3, 0.4) is 0 Å². The van der Waals surface area contributed by atoms with Crippen molar-refractivity contribution in [2.24, 2.45) is 0 Å². The van der Waals surface area contributed by atoms with Crippen LogP contribution in [-0.2, 0) is 9.53 Å². The van der Waals surface area contributed by atoms with E-state index in [4.69, 9.17) is 4.74 Å². The molecule has 0 aromatic rings. The minimum absolute atomic E-state index is 0.139. The fourth-order valence-corrected chi connectivity index (χ4v) is 3.79. The van der Waals surface area contributed by atoms with Crippen molar-refractivity contribution in [2.45, 2.75) is 62.2 Å². The summed E-state index contributed by atoms with van der Waals surface area (Å²) in [7, 11) is 1.82. The predicted octanol–water partition coefficient (Wildman–Crippen LogP) is 1.56. The van der Waals surface area contributed by atoms with E-state index in [9.17, 15) is 9.90 Å². The number of hydrogen-bond acceptors (Lipinski definition) is 5. The molecule has 1 saturated carbocycles. The molecule has 106 valence electrons. The summed E-state index contributed by atoms with van der Waals surface area (Å²) in [6, 6.07) is 0. The number of rotatable bonds is 6. The van der Waals surface area contributed by atoms with E-state index < -0.39 is 5.54 Å². The largest absolute Gasteiger partial charge is 0.465 e. The van der Waals surface area contributed by atoms with E-state index in [-0.39, 0.29) is 17.3 Å². The van der Waals surface area contributed by atoms with Crippen molar-refractivity contribution < 1.29 is 14.6 Å². The Kier molecular flexibility index (Phi) is 5.95. The Balaban J connectivity index is 2.58. The van der Waals surface area contributed by atoms with Gasteiger partial charge in [0.15, 0.2) is 0 Å². The van der Waals surface area contributed by atoms with Gasteiger partial charge < -0.3 is 15.2 Å². The first-order valence-corrected chi connectivity index (χ1v) is 7.59. The number of carbonyl (C=O) groups excluding carboxylic acids is 1. The fourth-order valence-electron chi connectivity index (χ4n) is 2.32. The van der Waals surface area contributed by atoms with Crippen molar-refractivity contribution in [1.82, 2.24) is 5.32 Å². The normalized spacial score (nSPS) is 31.1. The molecule has 0 spiro atoms. The van der Waals surface area contributed by atoms with Gasteiger partial charge in [-0.3, -0.25) is 4.79 Å². The Morgan fingerprint density at radius 1 is 1.61 bits per heavy atom. The Morgan fingerprint density at radius 2 is 2.28 bits per heavy atom. The lowest BCUT2D eigenvalue weighted by molar-refractivity contribution is -0.150. The van der Waals surface area contributed by atoms with Crippen LogP contribution in [0, 0.1) is 0 Å². The van der Waals surface area contributed by atoms with E-state index in [0.717, 1.165) is 19.3 Å². The van der Waals surface area contributed by atoms with Gasteiger partial charge in [-0.05, 0) is 40.2 Å². The maximum atomic E-state index is 12.0. The zero-order valence-corrected chi connectivity index (χ0v) is 12.5. The van der Waals surface area contributed by atoms with Gasteiger partial charge >= 0.3 is 5.97 Å². The van der Waals surface area contributed by atoms with E-state index in [2.05, 4.69) is 5.32 Å². The number of ether oxygens (including phenoxy) is 1. The quantitative estimate of drug-likeness (QED) is 0.721. The number of likely N-dealkylation sites (N-methyl/N-ethyl adjacent to an activating group) is 1. The van der Waals surface area contributed by atoms with Crippen LogP contribution in [0.2, 0.25) is 0 Å². The van der Waals surface area contributed by atoms with Gasteiger partial charge in [0.1, 0.15) is 5.54 Å². The molecule has 0 amide bonds. The van der Waals surface area contributed by atoms with Crippen LogP contribution in [0.25, 0.3) is 0 Å². The highest BCUT2D eigenvalue weighted by Crippen LogP contribution is 2.39. The summed E-state index contributed by atoms with van der Waals surface area (Å²) in [6.45, 7) is 6.09. The summed E-state index contributed by atoms with van der Waals surface area (Å²) in [4.78, 5) is 12.0. The van der Waals surface area contributed by atoms with Gasteiger partial charge in [0.05, 0.1) is 12.7 Å². The third-order valence-electron chi connectivity index (χ3n) is 3.70. The first-order chi connectivity index (χ1) is 8.45. The minimum atomic E-state index is -0.522. The molecule has 0 aromatic carbocycles. The molecule has 4 unspecified atom stereocenters. The van der Waals surface area contributed by atoms with Crippen LogP contribution < -0.4 is 5.32 Å². The third-order valence-corrected chi connectivity index (χ3v) is 5.31. The summed E-state index contributed by atoms with van der Waals surface area (Å²) in [5.74, 6) is -0.139. The molecule has 0 radical (unpaired) electrons. The number of esters is 1. The highest BCUT2D eigenvalue weighted by atomic mass is 32.2. The smallest absolute Gasteiger partial charge is 0.326 e. The zero-order chi connectivity index (χ0) is 13.8. The second-order valence-electron chi connectivity index (χ2n) is 5.00. The lowest BCUT2D eigenvalue weighted by Crippen LogP contribution is -2.49. The maximum Gasteiger partial charge on any atom is 0.326 e. The molecule has 4 nitrogen and oxygen atoms in total. The van der Waals surface area contributed by atoms with Gasteiger partial charge in [0, 0.05) is 10.5 Å². The zero-order valence-electron chi connectivity index (χ0n) is 11.7. The molecule has 0 aliphatic heterocycles. The van der Waals surface area contributed by atoms with E-state index in [1.807, 2.05) is 27.8 Å². The van der Waals surface area contributed by atoms with Crippen LogP contribution >= 0.6 is 11.8 Å². The molecule has 1 rings (SSSR count). The number of aliphatic hydroxyl groups is 1. The first kappa shape index (κ1) is 15.8. The van der Waals surface area contributed by atoms with Gasteiger partial charge in [0.25, 0.3) is 0 Å². The molecular weight excluding hydrogens is 250 g/mol. The predicted molar refractivity (Wildman–Crippen MR) is 74.8 cm³/mol. The molecule has 0 heterocycles. The average molecular weight is 275 g/mol. The molecule has 18 heavy (non-hydrogen) atoms. The molecule has 0 bridgehead atoms. The molecule has 5 heteroatoms. The second-order valence-corrected chi connectivity index (χ2v) is 6.68.